The number of amides is 1. The second-order valence-corrected chi connectivity index (χ2v) is 3.58. The zero-order valence-electron chi connectivity index (χ0n) is 9.30. The monoisotopic (exact) mass is 239 g/mol. The zero-order valence-corrected chi connectivity index (χ0v) is 9.30. The maximum Gasteiger partial charge on any atom is 0.231 e. The van der Waals surface area contributed by atoms with Crippen molar-refractivity contribution in [2.24, 2.45) is 0 Å². The third-order valence-corrected chi connectivity index (χ3v) is 2.27. The molecule has 0 unspecified atom stereocenters. The quantitative estimate of drug-likeness (QED) is 0.798. The second kappa shape index (κ2) is 4.04. The summed E-state index contributed by atoms with van der Waals surface area (Å²) in [5.41, 5.74) is -0.115. The Morgan fingerprint density at radius 3 is 2.65 bits per heavy atom. The van der Waals surface area contributed by atoms with E-state index in [-0.39, 0.29) is 29.5 Å². The van der Waals surface area contributed by atoms with E-state index in [4.69, 9.17) is 9.47 Å². The van der Waals surface area contributed by atoms with E-state index in [1.54, 1.807) is 0 Å². The molecule has 1 aromatic carbocycles. The minimum atomic E-state index is -0.809. The molecule has 6 heteroatoms. The lowest BCUT2D eigenvalue weighted by molar-refractivity contribution is -0.114. The molecule has 0 saturated heterocycles. The van der Waals surface area contributed by atoms with Crippen molar-refractivity contribution in [3.05, 3.63) is 17.4 Å². The van der Waals surface area contributed by atoms with Gasteiger partial charge < -0.3 is 14.8 Å². The summed E-state index contributed by atoms with van der Waals surface area (Å²) in [6.07, 6.45) is 0. The number of hydrogen-bond acceptors (Lipinski definition) is 4. The van der Waals surface area contributed by atoms with Crippen LogP contribution in [0.5, 0.6) is 11.5 Å². The number of ether oxygens (including phenoxy) is 2. The van der Waals surface area contributed by atoms with Crippen LogP contribution < -0.4 is 14.8 Å². The van der Waals surface area contributed by atoms with Gasteiger partial charge in [0, 0.05) is 13.0 Å². The first-order valence-corrected chi connectivity index (χ1v) is 4.91. The molecule has 1 N–H and O–H groups in total. The Balaban J connectivity index is 2.61. The minimum Gasteiger partial charge on any atom is -0.453 e. The van der Waals surface area contributed by atoms with E-state index in [1.165, 1.54) is 19.9 Å². The molecule has 0 aromatic heterocycles. The van der Waals surface area contributed by atoms with Gasteiger partial charge in [-0.25, -0.2) is 4.39 Å². The largest absolute Gasteiger partial charge is 0.453 e. The van der Waals surface area contributed by atoms with Gasteiger partial charge in [0.05, 0.1) is 11.3 Å². The smallest absolute Gasteiger partial charge is 0.231 e. The summed E-state index contributed by atoms with van der Waals surface area (Å²) in [6.45, 7) is 2.38. The summed E-state index contributed by atoms with van der Waals surface area (Å²) in [5, 5.41) is 2.39. The zero-order chi connectivity index (χ0) is 12.6. The highest BCUT2D eigenvalue weighted by Gasteiger charge is 2.26. The summed E-state index contributed by atoms with van der Waals surface area (Å²) in [4.78, 5) is 22.4. The summed E-state index contributed by atoms with van der Waals surface area (Å²) in [5.74, 6) is -1.62. The number of ketones is 1. The van der Waals surface area contributed by atoms with Crippen molar-refractivity contribution >= 4 is 17.4 Å². The number of benzene rings is 1. The summed E-state index contributed by atoms with van der Waals surface area (Å²) in [6, 6.07) is 1.38. The molecule has 90 valence electrons. The fourth-order valence-corrected chi connectivity index (χ4v) is 1.63. The molecule has 1 aliphatic heterocycles. The van der Waals surface area contributed by atoms with Gasteiger partial charge in [-0.05, 0) is 6.92 Å². The van der Waals surface area contributed by atoms with E-state index in [0.29, 0.717) is 0 Å². The lowest BCUT2D eigenvalue weighted by Gasteiger charge is -2.10. The molecule has 17 heavy (non-hydrogen) atoms. The van der Waals surface area contributed by atoms with Crippen molar-refractivity contribution in [3.8, 4) is 11.5 Å². The third kappa shape index (κ3) is 1.93. The van der Waals surface area contributed by atoms with Gasteiger partial charge >= 0.3 is 0 Å². The number of hydrogen-bond donors (Lipinski definition) is 1. The Kier molecular flexibility index (Phi) is 2.71. The highest BCUT2D eigenvalue weighted by Crippen LogP contribution is 2.40. The van der Waals surface area contributed by atoms with E-state index < -0.39 is 17.5 Å². The minimum absolute atomic E-state index is 0.0896. The Morgan fingerprint density at radius 1 is 1.35 bits per heavy atom. The molecule has 0 aliphatic carbocycles. The van der Waals surface area contributed by atoms with Crippen molar-refractivity contribution in [3.63, 3.8) is 0 Å². The van der Waals surface area contributed by atoms with Gasteiger partial charge in [-0.15, -0.1) is 0 Å². The lowest BCUT2D eigenvalue weighted by atomic mass is 10.1. The van der Waals surface area contributed by atoms with Gasteiger partial charge in [0.2, 0.25) is 18.4 Å². The number of Topliss-reactive ketones (excluding diaryl/α,β-unsaturated/α-hetero) is 1. The van der Waals surface area contributed by atoms with Crippen molar-refractivity contribution in [2.75, 3.05) is 12.1 Å². The summed E-state index contributed by atoms with van der Waals surface area (Å²) < 4.78 is 23.9. The predicted molar refractivity (Wildman–Crippen MR) is 56.8 cm³/mol. The molecule has 0 radical (unpaired) electrons. The van der Waals surface area contributed by atoms with Gasteiger partial charge in [0.15, 0.2) is 17.3 Å². The maximum atomic E-state index is 14.0. The third-order valence-electron chi connectivity index (χ3n) is 2.27. The Hall–Kier alpha value is -2.11. The van der Waals surface area contributed by atoms with Crippen molar-refractivity contribution < 1.29 is 23.5 Å². The van der Waals surface area contributed by atoms with Crippen molar-refractivity contribution in [1.82, 2.24) is 0 Å². The lowest BCUT2D eigenvalue weighted by Crippen LogP contribution is -2.11. The standard InChI is InChI=1S/C11H10FNO4/c1-5(14)9-7(13-6(2)15)3-8-11(10(9)12)17-4-16-8/h3H,4H2,1-2H3,(H,13,15). The number of carbonyl (C=O) groups excluding carboxylic acids is 2. The van der Waals surface area contributed by atoms with Crippen molar-refractivity contribution in [1.29, 1.82) is 0 Å². The van der Waals surface area contributed by atoms with E-state index in [2.05, 4.69) is 5.32 Å². The number of nitrogens with one attached hydrogen (secondary N) is 1. The fourth-order valence-electron chi connectivity index (χ4n) is 1.63. The molecule has 0 bridgehead atoms. The van der Waals surface area contributed by atoms with Crippen LogP contribution >= 0.6 is 0 Å². The number of anilines is 1. The normalized spacial score (nSPS) is 12.4. The molecule has 1 heterocycles. The first kappa shape index (κ1) is 11.4. The molecular weight excluding hydrogens is 229 g/mol. The second-order valence-electron chi connectivity index (χ2n) is 3.58. The maximum absolute atomic E-state index is 14.0. The van der Waals surface area contributed by atoms with E-state index in [1.807, 2.05) is 0 Å². The van der Waals surface area contributed by atoms with Gasteiger partial charge in [-0.1, -0.05) is 0 Å². The van der Waals surface area contributed by atoms with Gasteiger partial charge in [-0.3, -0.25) is 9.59 Å². The number of carbonyl (C=O) groups is 2. The molecule has 0 spiro atoms. The van der Waals surface area contributed by atoms with E-state index in [0.717, 1.165) is 0 Å². The molecule has 1 amide bonds. The van der Waals surface area contributed by atoms with Crippen LogP contribution in [0.15, 0.2) is 6.07 Å². The molecular formula is C11H10FNO4. The van der Waals surface area contributed by atoms with Gasteiger partial charge in [0.1, 0.15) is 0 Å². The van der Waals surface area contributed by atoms with Gasteiger partial charge in [0.25, 0.3) is 0 Å². The Bertz CT molecular complexity index is 513. The van der Waals surface area contributed by atoms with Crippen LogP contribution in [-0.2, 0) is 4.79 Å². The van der Waals surface area contributed by atoms with Crippen molar-refractivity contribution in [2.45, 2.75) is 13.8 Å². The molecule has 5 nitrogen and oxygen atoms in total. The van der Waals surface area contributed by atoms with Crippen LogP contribution in [0, 0.1) is 5.82 Å². The molecule has 1 aromatic rings. The highest BCUT2D eigenvalue weighted by molar-refractivity contribution is 6.04. The van der Waals surface area contributed by atoms with Crippen LogP contribution in [0.1, 0.15) is 24.2 Å². The molecule has 0 fully saturated rings. The first-order valence-electron chi connectivity index (χ1n) is 4.91. The molecule has 0 atom stereocenters. The molecule has 1 aliphatic rings. The summed E-state index contributed by atoms with van der Waals surface area (Å²) in [7, 11) is 0. The average molecular weight is 239 g/mol. The topological polar surface area (TPSA) is 64.6 Å². The van der Waals surface area contributed by atoms with Crippen LogP contribution in [0.2, 0.25) is 0 Å². The number of rotatable bonds is 2. The van der Waals surface area contributed by atoms with Crippen LogP contribution in [0.25, 0.3) is 0 Å². The number of halogens is 1. The Labute approximate surface area is 96.5 Å². The van der Waals surface area contributed by atoms with Gasteiger partial charge in [-0.2, -0.15) is 0 Å². The average Bonchev–Trinajstić information content (AvgIpc) is 2.64. The van der Waals surface area contributed by atoms with E-state index in [9.17, 15) is 14.0 Å². The van der Waals surface area contributed by atoms with Crippen LogP contribution in [-0.4, -0.2) is 18.5 Å². The number of fused-ring (bicyclic) bond motifs is 1. The molecule has 0 saturated carbocycles. The SMILES string of the molecule is CC(=O)Nc1cc2c(c(F)c1C(C)=O)OCO2. The highest BCUT2D eigenvalue weighted by atomic mass is 19.1. The van der Waals surface area contributed by atoms with Crippen LogP contribution in [0.4, 0.5) is 10.1 Å². The summed E-state index contributed by atoms with van der Waals surface area (Å²) >= 11 is 0. The molecule has 2 rings (SSSR count). The van der Waals surface area contributed by atoms with E-state index >= 15 is 0 Å². The van der Waals surface area contributed by atoms with Crippen LogP contribution in [0.3, 0.4) is 0 Å². The first-order chi connectivity index (χ1) is 8.00. The Morgan fingerprint density at radius 2 is 2.06 bits per heavy atom. The predicted octanol–water partition coefficient (Wildman–Crippen LogP) is 1.72. The fraction of sp³-hybridized carbons (Fsp3) is 0.273.